The number of nitrogens with zero attached hydrogens (tertiary/aromatic N) is 1. The predicted molar refractivity (Wildman–Crippen MR) is 98.6 cm³/mol. The lowest BCUT2D eigenvalue weighted by Crippen LogP contribution is -2.21. The number of rotatable bonds is 6. The van der Waals surface area contributed by atoms with Crippen molar-refractivity contribution in [2.75, 3.05) is 19.0 Å². The van der Waals surface area contributed by atoms with Crippen molar-refractivity contribution >= 4 is 28.3 Å². The second-order valence-corrected chi connectivity index (χ2v) is 6.15. The minimum Gasteiger partial charge on any atom is -0.497 e. The highest BCUT2D eigenvalue weighted by Crippen LogP contribution is 2.32. The van der Waals surface area contributed by atoms with Crippen LogP contribution in [0, 0.1) is 0 Å². The Balaban J connectivity index is 1.88. The van der Waals surface area contributed by atoms with E-state index >= 15 is 0 Å². The molecule has 0 saturated carbocycles. The van der Waals surface area contributed by atoms with E-state index in [1.807, 2.05) is 12.1 Å². The first-order valence-corrected chi connectivity index (χ1v) is 8.39. The number of hydrogen-bond acceptors (Lipinski definition) is 4. The number of methoxy groups -OCH3 is 1. The number of hydrogen-bond donors (Lipinski definition) is 1. The zero-order valence-corrected chi connectivity index (χ0v) is 15.1. The summed E-state index contributed by atoms with van der Waals surface area (Å²) < 4.78 is 48.5. The number of fused-ring (bicyclic) bond motifs is 1. The number of ether oxygens (including phenoxy) is 2. The molecule has 0 amide bonds. The van der Waals surface area contributed by atoms with Gasteiger partial charge in [-0.3, -0.25) is 0 Å². The summed E-state index contributed by atoms with van der Waals surface area (Å²) >= 11 is 6.16. The number of pyridine rings is 1. The van der Waals surface area contributed by atoms with Gasteiger partial charge in [-0.05, 0) is 29.8 Å². The van der Waals surface area contributed by atoms with Crippen LogP contribution in [0.25, 0.3) is 10.9 Å². The summed E-state index contributed by atoms with van der Waals surface area (Å²) in [6, 6.07) is 13.8. The molecule has 2 aromatic carbocycles. The molecule has 3 aromatic rings. The van der Waals surface area contributed by atoms with Gasteiger partial charge < -0.3 is 14.8 Å². The van der Waals surface area contributed by atoms with Crippen molar-refractivity contribution in [3.8, 4) is 11.5 Å². The number of nitrogens with one attached hydrogen (secondary N) is 1. The van der Waals surface area contributed by atoms with Gasteiger partial charge in [0.05, 0.1) is 17.6 Å². The molecule has 0 spiro atoms. The zero-order chi connectivity index (χ0) is 19.4. The van der Waals surface area contributed by atoms with Gasteiger partial charge in [-0.15, -0.1) is 0 Å². The fraction of sp³-hybridized carbons (Fsp3) is 0.211. The average molecular weight is 397 g/mol. The van der Waals surface area contributed by atoms with Crippen LogP contribution in [0.4, 0.5) is 19.0 Å². The van der Waals surface area contributed by atoms with E-state index in [9.17, 15) is 13.2 Å². The van der Waals surface area contributed by atoms with Crippen molar-refractivity contribution in [3.05, 3.63) is 59.1 Å². The van der Waals surface area contributed by atoms with Gasteiger partial charge >= 0.3 is 6.18 Å². The smallest absolute Gasteiger partial charge is 0.405 e. The fourth-order valence-corrected chi connectivity index (χ4v) is 2.68. The molecule has 1 heterocycles. The lowest BCUT2D eigenvalue weighted by atomic mass is 10.2. The van der Waals surface area contributed by atoms with Gasteiger partial charge in [-0.25, -0.2) is 4.98 Å². The molecule has 3 rings (SSSR count). The van der Waals surface area contributed by atoms with Gasteiger partial charge in [0, 0.05) is 11.5 Å². The summed E-state index contributed by atoms with van der Waals surface area (Å²) in [5.74, 6) is 1.15. The van der Waals surface area contributed by atoms with Crippen LogP contribution in [0.5, 0.6) is 11.5 Å². The average Bonchev–Trinajstić information content (AvgIpc) is 2.65. The van der Waals surface area contributed by atoms with E-state index in [0.29, 0.717) is 21.7 Å². The van der Waals surface area contributed by atoms with Gasteiger partial charge in [0.25, 0.3) is 0 Å². The third-order valence-corrected chi connectivity index (χ3v) is 4.08. The molecule has 0 saturated heterocycles. The van der Waals surface area contributed by atoms with Crippen LogP contribution in [-0.2, 0) is 6.61 Å². The summed E-state index contributed by atoms with van der Waals surface area (Å²) in [6.45, 7) is -0.970. The van der Waals surface area contributed by atoms with Gasteiger partial charge in [0.15, 0.2) is 0 Å². The van der Waals surface area contributed by atoms with E-state index in [1.165, 1.54) is 6.07 Å². The first-order chi connectivity index (χ1) is 12.9. The summed E-state index contributed by atoms with van der Waals surface area (Å²) in [6.07, 6.45) is -4.36. The van der Waals surface area contributed by atoms with Crippen LogP contribution in [0.15, 0.2) is 48.5 Å². The van der Waals surface area contributed by atoms with E-state index in [1.54, 1.807) is 37.4 Å². The zero-order valence-electron chi connectivity index (χ0n) is 14.3. The molecule has 4 nitrogen and oxygen atoms in total. The third-order valence-electron chi connectivity index (χ3n) is 3.78. The normalized spacial score (nSPS) is 11.4. The summed E-state index contributed by atoms with van der Waals surface area (Å²) in [7, 11) is 1.58. The van der Waals surface area contributed by atoms with Gasteiger partial charge in [0.1, 0.15) is 30.5 Å². The van der Waals surface area contributed by atoms with Gasteiger partial charge in [0.2, 0.25) is 0 Å². The minimum absolute atomic E-state index is 0.0395. The van der Waals surface area contributed by atoms with Crippen LogP contribution in [-0.4, -0.2) is 24.8 Å². The van der Waals surface area contributed by atoms with Crippen LogP contribution in [0.1, 0.15) is 5.56 Å². The lowest BCUT2D eigenvalue weighted by Gasteiger charge is -2.14. The molecule has 0 unspecified atom stereocenters. The molecule has 8 heteroatoms. The highest BCUT2D eigenvalue weighted by atomic mass is 35.5. The van der Waals surface area contributed by atoms with Crippen LogP contribution in [0.3, 0.4) is 0 Å². The largest absolute Gasteiger partial charge is 0.497 e. The molecule has 0 atom stereocenters. The van der Waals surface area contributed by atoms with E-state index in [-0.39, 0.29) is 12.4 Å². The van der Waals surface area contributed by atoms with E-state index in [0.717, 1.165) is 11.3 Å². The Morgan fingerprint density at radius 1 is 1.11 bits per heavy atom. The quantitative estimate of drug-likeness (QED) is 0.601. The van der Waals surface area contributed by atoms with Gasteiger partial charge in [-0.2, -0.15) is 13.2 Å². The maximum Gasteiger partial charge on any atom is 0.405 e. The molecule has 1 N–H and O–H groups in total. The van der Waals surface area contributed by atoms with Crippen molar-refractivity contribution in [2.24, 2.45) is 0 Å². The van der Waals surface area contributed by atoms with Crippen molar-refractivity contribution in [3.63, 3.8) is 0 Å². The number of aromatic nitrogens is 1. The second-order valence-electron chi connectivity index (χ2n) is 5.75. The Labute approximate surface area is 158 Å². The Morgan fingerprint density at radius 3 is 2.52 bits per heavy atom. The van der Waals surface area contributed by atoms with E-state index in [4.69, 9.17) is 21.1 Å². The third kappa shape index (κ3) is 4.95. The summed E-state index contributed by atoms with van der Waals surface area (Å²) in [4.78, 5) is 4.18. The molecule has 27 heavy (non-hydrogen) atoms. The number of alkyl halides is 3. The predicted octanol–water partition coefficient (Wildman–Crippen LogP) is 5.45. The maximum atomic E-state index is 12.5. The Hall–Kier alpha value is -2.67. The summed E-state index contributed by atoms with van der Waals surface area (Å²) in [5.41, 5.74) is 1.25. The second kappa shape index (κ2) is 7.92. The van der Waals surface area contributed by atoms with Crippen molar-refractivity contribution in [1.82, 2.24) is 4.98 Å². The Morgan fingerprint density at radius 2 is 1.85 bits per heavy atom. The van der Waals surface area contributed by atoms with Crippen molar-refractivity contribution in [1.29, 1.82) is 0 Å². The molecule has 0 bridgehead atoms. The number of para-hydroxylation sites is 1. The SMILES string of the molecule is COc1ccc(COc2cc(NCC(F)(F)F)nc3c(Cl)cccc23)cc1. The molecule has 0 aliphatic carbocycles. The molecule has 0 aliphatic rings. The topological polar surface area (TPSA) is 43.4 Å². The molecule has 0 aliphatic heterocycles. The highest BCUT2D eigenvalue weighted by Gasteiger charge is 2.27. The Bertz CT molecular complexity index is 931. The van der Waals surface area contributed by atoms with Crippen molar-refractivity contribution < 1.29 is 22.6 Å². The number of benzene rings is 2. The monoisotopic (exact) mass is 396 g/mol. The Kier molecular flexibility index (Phi) is 5.60. The van der Waals surface area contributed by atoms with Crippen LogP contribution in [0.2, 0.25) is 5.02 Å². The van der Waals surface area contributed by atoms with Gasteiger partial charge in [-0.1, -0.05) is 29.8 Å². The van der Waals surface area contributed by atoms with Crippen LogP contribution >= 0.6 is 11.6 Å². The molecule has 0 fully saturated rings. The number of anilines is 1. The highest BCUT2D eigenvalue weighted by molar-refractivity contribution is 6.35. The standard InChI is InChI=1S/C19H16ClF3N2O2/c1-26-13-7-5-12(6-8-13)10-27-16-9-17(24-11-19(21,22)23)25-18-14(16)3-2-4-15(18)20/h2-9H,10-11H2,1H3,(H,24,25). The van der Waals surface area contributed by atoms with Crippen LogP contribution < -0.4 is 14.8 Å². The minimum atomic E-state index is -4.36. The molecule has 0 radical (unpaired) electrons. The van der Waals surface area contributed by atoms with E-state index in [2.05, 4.69) is 10.3 Å². The first kappa shape index (κ1) is 19.1. The first-order valence-electron chi connectivity index (χ1n) is 8.01. The fourth-order valence-electron chi connectivity index (χ4n) is 2.47. The summed E-state index contributed by atoms with van der Waals surface area (Å²) in [5, 5.41) is 3.22. The maximum absolute atomic E-state index is 12.5. The molecular weight excluding hydrogens is 381 g/mol. The molecule has 1 aromatic heterocycles. The number of halogens is 4. The lowest BCUT2D eigenvalue weighted by molar-refractivity contribution is -0.115. The molecular formula is C19H16ClF3N2O2. The molecule has 142 valence electrons. The van der Waals surface area contributed by atoms with E-state index < -0.39 is 12.7 Å². The van der Waals surface area contributed by atoms with Crippen molar-refractivity contribution in [2.45, 2.75) is 12.8 Å².